The molecule has 1 N–H and O–H groups in total. The number of rotatable bonds is 0. The lowest BCUT2D eigenvalue weighted by atomic mass is 10.0. The molecule has 0 fully saturated rings. The Hall–Kier alpha value is -1.63. The maximum Gasteiger partial charge on any atom is 0.273 e. The molecule has 0 saturated heterocycles. The van der Waals surface area contributed by atoms with E-state index in [4.69, 9.17) is 10.4 Å². The molecule has 1 atom stereocenters. The molecule has 1 aliphatic rings. The van der Waals surface area contributed by atoms with Crippen LogP contribution < -0.4 is 0 Å². The summed E-state index contributed by atoms with van der Waals surface area (Å²) in [5.74, 6) is -1.47. The number of amides is 1. The number of nitriles is 1. The standard InChI is InChI=1S/C7H6N2O2/c1-4-5(3-8)6(10)2-7(11)9-4/h2,5,10H,1H3. The van der Waals surface area contributed by atoms with Crippen LogP contribution in [0.15, 0.2) is 16.8 Å². The number of nitrogens with zero attached hydrogens (tertiary/aromatic N) is 2. The third-order valence-electron chi connectivity index (χ3n) is 1.40. The van der Waals surface area contributed by atoms with Crippen LogP contribution in [0.5, 0.6) is 0 Å². The van der Waals surface area contributed by atoms with E-state index in [1.54, 1.807) is 0 Å². The number of aliphatic hydroxyl groups is 1. The Morgan fingerprint density at radius 3 is 2.91 bits per heavy atom. The minimum Gasteiger partial charge on any atom is -0.510 e. The topological polar surface area (TPSA) is 73.4 Å². The number of dihydropyridines is 1. The molecule has 11 heavy (non-hydrogen) atoms. The molecule has 0 aromatic rings. The first-order valence-electron chi connectivity index (χ1n) is 3.04. The summed E-state index contributed by atoms with van der Waals surface area (Å²) in [5.41, 5.74) is 0.345. The molecule has 0 aromatic carbocycles. The fourth-order valence-corrected chi connectivity index (χ4v) is 0.854. The van der Waals surface area contributed by atoms with E-state index >= 15 is 0 Å². The van der Waals surface area contributed by atoms with Crippen molar-refractivity contribution in [1.29, 1.82) is 5.26 Å². The smallest absolute Gasteiger partial charge is 0.273 e. The van der Waals surface area contributed by atoms with Crippen LogP contribution in [0.4, 0.5) is 0 Å². The van der Waals surface area contributed by atoms with Crippen LogP contribution >= 0.6 is 0 Å². The zero-order valence-corrected chi connectivity index (χ0v) is 5.90. The monoisotopic (exact) mass is 150 g/mol. The van der Waals surface area contributed by atoms with Gasteiger partial charge >= 0.3 is 0 Å². The van der Waals surface area contributed by atoms with Crippen LogP contribution in [-0.4, -0.2) is 16.7 Å². The third kappa shape index (κ3) is 1.27. The molecule has 0 bridgehead atoms. The van der Waals surface area contributed by atoms with E-state index in [1.807, 2.05) is 6.07 Å². The van der Waals surface area contributed by atoms with Gasteiger partial charge in [0.15, 0.2) is 0 Å². The molecule has 1 amide bonds. The average molecular weight is 150 g/mol. The maximum absolute atomic E-state index is 10.6. The SMILES string of the molecule is CC1=NC(=O)C=C(O)C1C#N. The van der Waals surface area contributed by atoms with E-state index in [2.05, 4.69) is 4.99 Å². The first kappa shape index (κ1) is 7.48. The minimum absolute atomic E-state index is 0.218. The summed E-state index contributed by atoms with van der Waals surface area (Å²) in [6.07, 6.45) is 0.959. The summed E-state index contributed by atoms with van der Waals surface area (Å²) < 4.78 is 0. The Balaban J connectivity index is 3.02. The second kappa shape index (κ2) is 2.54. The zero-order valence-electron chi connectivity index (χ0n) is 5.90. The molecule has 0 spiro atoms. The third-order valence-corrected chi connectivity index (χ3v) is 1.40. The second-order valence-electron chi connectivity index (χ2n) is 2.22. The lowest BCUT2D eigenvalue weighted by Crippen LogP contribution is -2.18. The van der Waals surface area contributed by atoms with E-state index in [-0.39, 0.29) is 5.76 Å². The Bertz CT molecular complexity index is 274. The molecular formula is C7H6N2O2. The Morgan fingerprint density at radius 2 is 2.45 bits per heavy atom. The van der Waals surface area contributed by atoms with Crippen molar-refractivity contribution in [2.45, 2.75) is 6.92 Å². The number of hydrogen-bond acceptors (Lipinski definition) is 3. The van der Waals surface area contributed by atoms with Gasteiger partial charge in [0, 0.05) is 11.8 Å². The fourth-order valence-electron chi connectivity index (χ4n) is 0.854. The van der Waals surface area contributed by atoms with E-state index in [1.165, 1.54) is 6.92 Å². The van der Waals surface area contributed by atoms with Crippen molar-refractivity contribution in [2.24, 2.45) is 10.9 Å². The van der Waals surface area contributed by atoms with Gasteiger partial charge in [-0.3, -0.25) is 4.79 Å². The molecule has 1 aliphatic heterocycles. The molecule has 0 saturated carbocycles. The van der Waals surface area contributed by atoms with Crippen molar-refractivity contribution in [2.75, 3.05) is 0 Å². The predicted octanol–water partition coefficient (Wildman–Crippen LogP) is 0.569. The van der Waals surface area contributed by atoms with Crippen LogP contribution in [0.3, 0.4) is 0 Å². The minimum atomic E-state index is -0.743. The van der Waals surface area contributed by atoms with Gasteiger partial charge in [0.25, 0.3) is 5.91 Å². The van der Waals surface area contributed by atoms with E-state index < -0.39 is 11.8 Å². The molecule has 4 heteroatoms. The molecule has 0 radical (unpaired) electrons. The largest absolute Gasteiger partial charge is 0.510 e. The summed E-state index contributed by atoms with van der Waals surface area (Å²) >= 11 is 0. The first-order valence-corrected chi connectivity index (χ1v) is 3.04. The number of aliphatic hydroxyl groups excluding tert-OH is 1. The molecule has 56 valence electrons. The van der Waals surface area contributed by atoms with Crippen molar-refractivity contribution < 1.29 is 9.90 Å². The fraction of sp³-hybridized carbons (Fsp3) is 0.286. The lowest BCUT2D eigenvalue weighted by molar-refractivity contribution is -0.113. The van der Waals surface area contributed by atoms with Crippen LogP contribution in [0.25, 0.3) is 0 Å². The summed E-state index contributed by atoms with van der Waals surface area (Å²) in [6, 6.07) is 1.82. The number of carbonyl (C=O) groups is 1. The molecular weight excluding hydrogens is 144 g/mol. The van der Waals surface area contributed by atoms with Gasteiger partial charge in [0.2, 0.25) is 0 Å². The van der Waals surface area contributed by atoms with Gasteiger partial charge in [-0.15, -0.1) is 0 Å². The van der Waals surface area contributed by atoms with Crippen molar-refractivity contribution in [3.8, 4) is 6.07 Å². The van der Waals surface area contributed by atoms with Gasteiger partial charge in [-0.2, -0.15) is 5.26 Å². The lowest BCUT2D eigenvalue weighted by Gasteiger charge is -2.10. The van der Waals surface area contributed by atoms with Crippen molar-refractivity contribution in [1.82, 2.24) is 0 Å². The Labute approximate surface area is 63.5 Å². The highest BCUT2D eigenvalue weighted by atomic mass is 16.3. The molecule has 1 heterocycles. The van der Waals surface area contributed by atoms with Crippen LogP contribution in [-0.2, 0) is 4.79 Å². The van der Waals surface area contributed by atoms with Crippen LogP contribution in [0, 0.1) is 17.2 Å². The molecule has 1 rings (SSSR count). The van der Waals surface area contributed by atoms with Gasteiger partial charge in [0.05, 0.1) is 6.07 Å². The summed E-state index contributed by atoms with van der Waals surface area (Å²) in [7, 11) is 0. The second-order valence-corrected chi connectivity index (χ2v) is 2.22. The number of aliphatic imine (C=N–C) groups is 1. The van der Waals surface area contributed by atoms with Gasteiger partial charge in [-0.05, 0) is 6.92 Å². The Kier molecular flexibility index (Phi) is 1.73. The molecule has 1 unspecified atom stereocenters. The van der Waals surface area contributed by atoms with E-state index in [0.29, 0.717) is 5.71 Å². The number of carbonyl (C=O) groups excluding carboxylic acids is 1. The van der Waals surface area contributed by atoms with E-state index in [9.17, 15) is 4.79 Å². The predicted molar refractivity (Wildman–Crippen MR) is 37.9 cm³/mol. The molecule has 0 aromatic heterocycles. The highest BCUT2D eigenvalue weighted by Crippen LogP contribution is 2.13. The van der Waals surface area contributed by atoms with Gasteiger partial charge < -0.3 is 5.11 Å². The van der Waals surface area contributed by atoms with Gasteiger partial charge in [-0.1, -0.05) is 0 Å². The summed E-state index contributed by atoms with van der Waals surface area (Å²) in [6.45, 7) is 1.54. The van der Waals surface area contributed by atoms with Crippen molar-refractivity contribution in [3.63, 3.8) is 0 Å². The quantitative estimate of drug-likeness (QED) is 0.548. The number of hydrogen-bond donors (Lipinski definition) is 1. The van der Waals surface area contributed by atoms with Crippen molar-refractivity contribution in [3.05, 3.63) is 11.8 Å². The average Bonchev–Trinajstić information content (AvgIpc) is 1.85. The maximum atomic E-state index is 10.6. The Morgan fingerprint density at radius 1 is 1.82 bits per heavy atom. The van der Waals surface area contributed by atoms with Crippen molar-refractivity contribution >= 4 is 11.6 Å². The highest BCUT2D eigenvalue weighted by molar-refractivity contribution is 6.05. The summed E-state index contributed by atoms with van der Waals surface area (Å²) in [5, 5.41) is 17.5. The highest BCUT2D eigenvalue weighted by Gasteiger charge is 2.21. The summed E-state index contributed by atoms with van der Waals surface area (Å²) in [4.78, 5) is 14.1. The normalized spacial score (nSPS) is 23.6. The number of allylic oxidation sites excluding steroid dienone is 1. The first-order chi connectivity index (χ1) is 5.15. The van der Waals surface area contributed by atoms with E-state index in [0.717, 1.165) is 6.08 Å². The molecule has 4 nitrogen and oxygen atoms in total. The van der Waals surface area contributed by atoms with Gasteiger partial charge in [0.1, 0.15) is 11.7 Å². The molecule has 0 aliphatic carbocycles. The van der Waals surface area contributed by atoms with Crippen LogP contribution in [0.2, 0.25) is 0 Å². The van der Waals surface area contributed by atoms with Gasteiger partial charge in [-0.25, -0.2) is 4.99 Å². The van der Waals surface area contributed by atoms with Crippen LogP contribution in [0.1, 0.15) is 6.92 Å². The zero-order chi connectivity index (χ0) is 8.43.